The number of aryl methyl sites for hydroxylation is 1. The van der Waals surface area contributed by atoms with Gasteiger partial charge in [-0.2, -0.15) is 0 Å². The molecule has 6 heteroatoms. The fraction of sp³-hybridized carbons (Fsp3) is 0.500. The van der Waals surface area contributed by atoms with Crippen LogP contribution in [-0.4, -0.2) is 25.7 Å². The molecule has 1 aliphatic rings. The fourth-order valence-electron chi connectivity index (χ4n) is 2.01. The third kappa shape index (κ3) is 2.82. The Morgan fingerprint density at radius 2 is 2.06 bits per heavy atom. The maximum atomic E-state index is 12.0. The molecule has 0 atom stereocenters. The summed E-state index contributed by atoms with van der Waals surface area (Å²) in [6.07, 6.45) is 2.23. The lowest BCUT2D eigenvalue weighted by Crippen LogP contribution is -2.47. The highest BCUT2D eigenvalue weighted by Gasteiger charge is 2.35. The molecule has 0 aromatic heterocycles. The minimum atomic E-state index is -3.60. The lowest BCUT2D eigenvalue weighted by atomic mass is 9.81. The lowest BCUT2D eigenvalue weighted by Gasteiger charge is -2.36. The molecule has 1 fully saturated rings. The summed E-state index contributed by atoms with van der Waals surface area (Å²) in [5.41, 5.74) is 5.97. The highest BCUT2D eigenvalue weighted by molar-refractivity contribution is 7.89. The van der Waals surface area contributed by atoms with Gasteiger partial charge in [0.15, 0.2) is 0 Å². The molecule has 0 unspecified atom stereocenters. The van der Waals surface area contributed by atoms with E-state index in [2.05, 4.69) is 4.72 Å². The van der Waals surface area contributed by atoms with Crippen LogP contribution >= 0.6 is 0 Å². The van der Waals surface area contributed by atoms with Gasteiger partial charge in [0.1, 0.15) is 0 Å². The first-order valence-electron chi connectivity index (χ1n) is 5.90. The quantitative estimate of drug-likeness (QED) is 0.705. The van der Waals surface area contributed by atoms with Crippen LogP contribution in [0.1, 0.15) is 24.8 Å². The van der Waals surface area contributed by atoms with Crippen LogP contribution in [0.25, 0.3) is 0 Å². The number of nitrogen functional groups attached to an aromatic ring is 1. The van der Waals surface area contributed by atoms with Gasteiger partial charge in [-0.15, -0.1) is 0 Å². The predicted octanol–water partition coefficient (Wildman–Crippen LogP) is 0.771. The molecular weight excluding hydrogens is 252 g/mol. The third-order valence-electron chi connectivity index (χ3n) is 3.26. The number of nitrogens with one attached hydrogen (secondary N) is 1. The van der Waals surface area contributed by atoms with Crippen molar-refractivity contribution in [2.24, 2.45) is 0 Å². The molecular formula is C12H18N2O3S. The van der Waals surface area contributed by atoms with Crippen molar-refractivity contribution in [3.05, 3.63) is 23.8 Å². The van der Waals surface area contributed by atoms with Gasteiger partial charge in [-0.3, -0.25) is 0 Å². The van der Waals surface area contributed by atoms with Crippen LogP contribution in [0.15, 0.2) is 23.1 Å². The van der Waals surface area contributed by atoms with Crippen LogP contribution in [0, 0.1) is 6.92 Å². The Morgan fingerprint density at radius 1 is 1.39 bits per heavy atom. The molecule has 0 aliphatic heterocycles. The summed E-state index contributed by atoms with van der Waals surface area (Å²) in [6.45, 7) is 1.85. The van der Waals surface area contributed by atoms with Crippen LogP contribution < -0.4 is 10.5 Å². The molecule has 0 spiro atoms. The molecule has 0 saturated heterocycles. The highest BCUT2D eigenvalue weighted by Crippen LogP contribution is 2.31. The Labute approximate surface area is 107 Å². The molecule has 0 bridgehead atoms. The number of rotatable bonds is 4. The van der Waals surface area contributed by atoms with Crippen LogP contribution in [0.5, 0.6) is 0 Å². The molecule has 4 N–H and O–H groups in total. The van der Waals surface area contributed by atoms with E-state index in [-0.39, 0.29) is 11.4 Å². The van der Waals surface area contributed by atoms with E-state index in [1.165, 1.54) is 6.07 Å². The highest BCUT2D eigenvalue weighted by atomic mass is 32.2. The molecule has 0 amide bonds. The van der Waals surface area contributed by atoms with E-state index in [0.29, 0.717) is 18.5 Å². The molecule has 18 heavy (non-hydrogen) atoms. The summed E-state index contributed by atoms with van der Waals surface area (Å²) in [5.74, 6) is 0. The Balaban J connectivity index is 2.14. The largest absolute Gasteiger partial charge is 0.399 e. The van der Waals surface area contributed by atoms with Gasteiger partial charge in [-0.05, 0) is 49.9 Å². The second-order valence-corrected chi connectivity index (χ2v) is 6.75. The van der Waals surface area contributed by atoms with Crippen molar-refractivity contribution in [3.63, 3.8) is 0 Å². The number of hydrogen-bond acceptors (Lipinski definition) is 4. The molecule has 5 nitrogen and oxygen atoms in total. The zero-order chi connectivity index (χ0) is 13.4. The van der Waals surface area contributed by atoms with Crippen molar-refractivity contribution in [1.29, 1.82) is 0 Å². The zero-order valence-electron chi connectivity index (χ0n) is 10.3. The smallest absolute Gasteiger partial charge is 0.240 e. The Bertz CT molecular complexity index is 530. The number of aliphatic hydroxyl groups is 1. The maximum Gasteiger partial charge on any atom is 0.240 e. The van der Waals surface area contributed by atoms with Crippen LogP contribution in [0.2, 0.25) is 0 Å². The van der Waals surface area contributed by atoms with Gasteiger partial charge >= 0.3 is 0 Å². The van der Waals surface area contributed by atoms with E-state index in [9.17, 15) is 13.5 Å². The summed E-state index contributed by atoms with van der Waals surface area (Å²) in [5, 5.41) is 9.88. The van der Waals surface area contributed by atoms with E-state index >= 15 is 0 Å². The van der Waals surface area contributed by atoms with Crippen molar-refractivity contribution in [2.45, 2.75) is 36.7 Å². The first kappa shape index (κ1) is 13.3. The normalized spacial score (nSPS) is 18.3. The number of nitrogens with two attached hydrogens (primary N) is 1. The summed E-state index contributed by atoms with van der Waals surface area (Å²) < 4.78 is 26.5. The SMILES string of the molecule is Cc1cc(N)cc(S(=O)(=O)NCC2(O)CCC2)c1. The molecule has 2 rings (SSSR count). The minimum Gasteiger partial charge on any atom is -0.399 e. The van der Waals surface area contributed by atoms with Crippen LogP contribution in [0.4, 0.5) is 5.69 Å². The number of anilines is 1. The summed E-state index contributed by atoms with van der Waals surface area (Å²) in [7, 11) is -3.60. The van der Waals surface area contributed by atoms with Crippen LogP contribution in [-0.2, 0) is 10.0 Å². The van der Waals surface area contributed by atoms with Gasteiger partial charge in [0, 0.05) is 12.2 Å². The van der Waals surface area contributed by atoms with E-state index in [4.69, 9.17) is 5.73 Å². The Kier molecular flexibility index (Phi) is 3.35. The average Bonchev–Trinajstić information content (AvgIpc) is 2.22. The molecule has 0 radical (unpaired) electrons. The summed E-state index contributed by atoms with van der Waals surface area (Å²) >= 11 is 0. The van der Waals surface area contributed by atoms with E-state index in [0.717, 1.165) is 12.0 Å². The molecule has 1 aromatic carbocycles. The molecule has 1 aromatic rings. The number of hydrogen-bond donors (Lipinski definition) is 3. The van der Waals surface area contributed by atoms with Crippen LogP contribution in [0.3, 0.4) is 0 Å². The molecule has 1 aliphatic carbocycles. The standard InChI is InChI=1S/C12H18N2O3S/c1-9-5-10(13)7-11(6-9)18(16,17)14-8-12(15)3-2-4-12/h5-7,14-15H,2-4,8,13H2,1H3. The van der Waals surface area contributed by atoms with Gasteiger partial charge < -0.3 is 10.8 Å². The third-order valence-corrected chi connectivity index (χ3v) is 4.64. The number of sulfonamides is 1. The second kappa shape index (κ2) is 4.53. The predicted molar refractivity (Wildman–Crippen MR) is 69.6 cm³/mol. The van der Waals surface area contributed by atoms with Crippen molar-refractivity contribution >= 4 is 15.7 Å². The number of benzene rings is 1. The molecule has 1 saturated carbocycles. The lowest BCUT2D eigenvalue weighted by molar-refractivity contribution is -0.0270. The Hall–Kier alpha value is -1.11. The average molecular weight is 270 g/mol. The fourth-order valence-corrected chi connectivity index (χ4v) is 3.26. The Morgan fingerprint density at radius 3 is 2.56 bits per heavy atom. The van der Waals surface area contributed by atoms with Crippen molar-refractivity contribution < 1.29 is 13.5 Å². The first-order valence-corrected chi connectivity index (χ1v) is 7.38. The van der Waals surface area contributed by atoms with Crippen molar-refractivity contribution in [1.82, 2.24) is 4.72 Å². The van der Waals surface area contributed by atoms with Crippen molar-refractivity contribution in [3.8, 4) is 0 Å². The van der Waals surface area contributed by atoms with E-state index in [1.54, 1.807) is 19.1 Å². The van der Waals surface area contributed by atoms with Gasteiger partial charge in [-0.25, -0.2) is 13.1 Å². The first-order chi connectivity index (χ1) is 8.31. The summed E-state index contributed by atoms with van der Waals surface area (Å²) in [4.78, 5) is 0.142. The van der Waals surface area contributed by atoms with Gasteiger partial charge in [0.25, 0.3) is 0 Å². The summed E-state index contributed by atoms with van der Waals surface area (Å²) in [6, 6.07) is 4.68. The van der Waals surface area contributed by atoms with Gasteiger partial charge in [0.05, 0.1) is 10.5 Å². The maximum absolute atomic E-state index is 12.0. The molecule has 100 valence electrons. The molecule has 0 heterocycles. The monoisotopic (exact) mass is 270 g/mol. The van der Waals surface area contributed by atoms with Gasteiger partial charge in [-0.1, -0.05) is 0 Å². The topological polar surface area (TPSA) is 92.4 Å². The second-order valence-electron chi connectivity index (χ2n) is 4.98. The van der Waals surface area contributed by atoms with E-state index in [1.807, 2.05) is 0 Å². The minimum absolute atomic E-state index is 0.0587. The van der Waals surface area contributed by atoms with Gasteiger partial charge in [0.2, 0.25) is 10.0 Å². The zero-order valence-corrected chi connectivity index (χ0v) is 11.1. The van der Waals surface area contributed by atoms with Crippen molar-refractivity contribution in [2.75, 3.05) is 12.3 Å². The van der Waals surface area contributed by atoms with E-state index < -0.39 is 15.6 Å².